The first-order valence-electron chi connectivity index (χ1n) is 8.66. The van der Waals surface area contributed by atoms with Crippen molar-refractivity contribution < 1.29 is 9.72 Å². The van der Waals surface area contributed by atoms with Crippen molar-refractivity contribution >= 4 is 34.0 Å². The number of nitrogens with zero attached hydrogens (tertiary/aromatic N) is 1. The monoisotopic (exact) mass is 369 g/mol. The number of thiophene rings is 1. The molecule has 0 bridgehead atoms. The van der Waals surface area contributed by atoms with Gasteiger partial charge in [-0.05, 0) is 49.0 Å². The molecule has 6 nitrogen and oxygen atoms in total. The second-order valence-corrected chi connectivity index (χ2v) is 7.93. The van der Waals surface area contributed by atoms with Crippen LogP contribution in [-0.2, 0) is 12.8 Å². The van der Waals surface area contributed by atoms with E-state index in [-0.39, 0.29) is 17.8 Å². The zero-order valence-electron chi connectivity index (χ0n) is 14.3. The van der Waals surface area contributed by atoms with E-state index in [0.29, 0.717) is 11.5 Å². The number of hydrogen-bond acceptors (Lipinski definition) is 5. The number of rotatable bonds is 3. The van der Waals surface area contributed by atoms with Crippen molar-refractivity contribution in [2.45, 2.75) is 32.4 Å². The van der Waals surface area contributed by atoms with Crippen LogP contribution in [0.3, 0.4) is 0 Å². The number of para-hydroxylation sites is 1. The predicted molar refractivity (Wildman–Crippen MR) is 103 cm³/mol. The summed E-state index contributed by atoms with van der Waals surface area (Å²) >= 11 is 1.66. The highest BCUT2D eigenvalue weighted by Gasteiger charge is 2.31. The number of carbonyl (C=O) groups excluding carboxylic acids is 1. The third-order valence-corrected chi connectivity index (χ3v) is 6.10. The molecule has 2 unspecified atom stereocenters. The van der Waals surface area contributed by atoms with Crippen molar-refractivity contribution in [1.82, 2.24) is 5.32 Å². The molecule has 0 spiro atoms. The van der Waals surface area contributed by atoms with Crippen molar-refractivity contribution in [3.8, 4) is 0 Å². The molecule has 0 radical (unpaired) electrons. The maximum atomic E-state index is 12.6. The first kappa shape index (κ1) is 16.8. The molecule has 2 aromatic rings. The summed E-state index contributed by atoms with van der Waals surface area (Å²) in [5.41, 5.74) is 2.53. The van der Waals surface area contributed by atoms with E-state index in [9.17, 15) is 14.9 Å². The fourth-order valence-electron chi connectivity index (χ4n) is 3.57. The minimum atomic E-state index is -0.404. The summed E-state index contributed by atoms with van der Waals surface area (Å²) in [6, 6.07) is 6.56. The zero-order chi connectivity index (χ0) is 18.3. The number of hydrogen-bond donors (Lipinski definition) is 2. The van der Waals surface area contributed by atoms with Gasteiger partial charge in [0.25, 0.3) is 11.6 Å². The van der Waals surface area contributed by atoms with Crippen LogP contribution in [0.15, 0.2) is 30.3 Å². The number of carbonyl (C=O) groups is 1. The van der Waals surface area contributed by atoms with Crippen LogP contribution in [0.1, 0.15) is 39.7 Å². The molecule has 1 aromatic carbocycles. The fraction of sp³-hybridized carbons (Fsp3) is 0.316. The number of anilines is 1. The molecule has 2 atom stereocenters. The molecule has 0 saturated carbocycles. The SMILES string of the molecule is CC1CCc2c(sc3c2C(=O)NC(C=Cc2ccccc2[N+](=O)[O-])N3)C1. The molecule has 7 heteroatoms. The maximum Gasteiger partial charge on any atom is 0.276 e. The lowest BCUT2D eigenvalue weighted by molar-refractivity contribution is -0.385. The van der Waals surface area contributed by atoms with E-state index in [1.165, 1.54) is 16.5 Å². The van der Waals surface area contributed by atoms with Crippen LogP contribution in [0, 0.1) is 16.0 Å². The van der Waals surface area contributed by atoms with Crippen LogP contribution in [-0.4, -0.2) is 17.0 Å². The topological polar surface area (TPSA) is 84.3 Å². The highest BCUT2D eigenvalue weighted by atomic mass is 32.1. The fourth-order valence-corrected chi connectivity index (χ4v) is 5.02. The van der Waals surface area contributed by atoms with Gasteiger partial charge in [-0.3, -0.25) is 14.9 Å². The Bertz CT molecular complexity index is 919. The zero-order valence-corrected chi connectivity index (χ0v) is 15.1. The first-order valence-corrected chi connectivity index (χ1v) is 9.48. The molecular formula is C19H19N3O3S. The molecule has 1 aliphatic carbocycles. The van der Waals surface area contributed by atoms with Gasteiger partial charge in [0.05, 0.1) is 16.1 Å². The van der Waals surface area contributed by atoms with Gasteiger partial charge in [0, 0.05) is 10.9 Å². The Morgan fingerprint density at radius 2 is 2.12 bits per heavy atom. The average Bonchev–Trinajstić information content (AvgIpc) is 2.97. The Hall–Kier alpha value is -2.67. The summed E-state index contributed by atoms with van der Waals surface area (Å²) in [7, 11) is 0. The van der Waals surface area contributed by atoms with Gasteiger partial charge in [-0.15, -0.1) is 11.3 Å². The molecule has 4 rings (SSSR count). The lowest BCUT2D eigenvalue weighted by Crippen LogP contribution is -2.43. The predicted octanol–water partition coefficient (Wildman–Crippen LogP) is 3.98. The third kappa shape index (κ3) is 2.99. The Labute approximate surface area is 155 Å². The molecule has 2 N–H and O–H groups in total. The molecule has 0 saturated heterocycles. The van der Waals surface area contributed by atoms with Crippen molar-refractivity contribution in [2.75, 3.05) is 5.32 Å². The molecule has 0 fully saturated rings. The van der Waals surface area contributed by atoms with Gasteiger partial charge in [-0.1, -0.05) is 19.1 Å². The van der Waals surface area contributed by atoms with Crippen LogP contribution in [0.25, 0.3) is 6.08 Å². The van der Waals surface area contributed by atoms with E-state index in [1.54, 1.807) is 41.7 Å². The Kier molecular flexibility index (Phi) is 4.24. The lowest BCUT2D eigenvalue weighted by atomic mass is 9.88. The molecule has 2 aliphatic rings. The van der Waals surface area contributed by atoms with Crippen LogP contribution < -0.4 is 10.6 Å². The number of nitrogens with one attached hydrogen (secondary N) is 2. The van der Waals surface area contributed by atoms with Crippen LogP contribution in [0.5, 0.6) is 0 Å². The van der Waals surface area contributed by atoms with Crippen LogP contribution in [0.4, 0.5) is 10.7 Å². The second kappa shape index (κ2) is 6.57. The van der Waals surface area contributed by atoms with E-state index >= 15 is 0 Å². The average molecular weight is 369 g/mol. The summed E-state index contributed by atoms with van der Waals surface area (Å²) < 4.78 is 0. The van der Waals surface area contributed by atoms with Crippen molar-refractivity contribution in [2.24, 2.45) is 5.92 Å². The minimum Gasteiger partial charge on any atom is -0.353 e. The van der Waals surface area contributed by atoms with E-state index in [2.05, 4.69) is 17.6 Å². The highest BCUT2D eigenvalue weighted by molar-refractivity contribution is 7.16. The standard InChI is InChI=1S/C19H19N3O3S/c1-11-6-8-13-15(10-11)26-19-17(13)18(23)20-16(21-19)9-7-12-4-2-3-5-14(12)22(24)25/h2-5,7,9,11,16,21H,6,8,10H2,1H3,(H,20,23). The Balaban J connectivity index is 1.59. The third-order valence-electron chi connectivity index (χ3n) is 4.91. The van der Waals surface area contributed by atoms with Gasteiger partial charge >= 0.3 is 0 Å². The molecule has 1 aliphatic heterocycles. The van der Waals surface area contributed by atoms with Gasteiger partial charge in [-0.25, -0.2) is 0 Å². The normalized spacial score (nSPS) is 21.7. The van der Waals surface area contributed by atoms with Crippen LogP contribution >= 0.6 is 11.3 Å². The lowest BCUT2D eigenvalue weighted by Gasteiger charge is -2.24. The summed E-state index contributed by atoms with van der Waals surface area (Å²) in [6.45, 7) is 2.24. The van der Waals surface area contributed by atoms with Gasteiger partial charge in [-0.2, -0.15) is 0 Å². The first-order chi connectivity index (χ1) is 12.5. The molecule has 2 heterocycles. The molecular weight excluding hydrogens is 350 g/mol. The number of amides is 1. The van der Waals surface area contributed by atoms with Crippen molar-refractivity contribution in [3.05, 3.63) is 62.0 Å². The van der Waals surface area contributed by atoms with Crippen molar-refractivity contribution in [3.63, 3.8) is 0 Å². The van der Waals surface area contributed by atoms with E-state index < -0.39 is 4.92 Å². The summed E-state index contributed by atoms with van der Waals surface area (Å²) in [4.78, 5) is 24.6. The largest absolute Gasteiger partial charge is 0.353 e. The van der Waals surface area contributed by atoms with Gasteiger partial charge in [0.1, 0.15) is 11.2 Å². The second-order valence-electron chi connectivity index (χ2n) is 6.83. The minimum absolute atomic E-state index is 0.0483. The molecule has 134 valence electrons. The molecule has 1 aromatic heterocycles. The number of benzene rings is 1. The quantitative estimate of drug-likeness (QED) is 0.633. The van der Waals surface area contributed by atoms with Crippen molar-refractivity contribution in [1.29, 1.82) is 0 Å². The number of fused-ring (bicyclic) bond motifs is 3. The summed E-state index contributed by atoms with van der Waals surface area (Å²) in [5, 5.41) is 18.3. The molecule has 1 amide bonds. The van der Waals surface area contributed by atoms with E-state index in [4.69, 9.17) is 0 Å². The highest BCUT2D eigenvalue weighted by Crippen LogP contribution is 2.41. The molecule has 26 heavy (non-hydrogen) atoms. The van der Waals surface area contributed by atoms with E-state index in [0.717, 1.165) is 29.8 Å². The van der Waals surface area contributed by atoms with Gasteiger partial charge in [0.2, 0.25) is 0 Å². The smallest absolute Gasteiger partial charge is 0.276 e. The van der Waals surface area contributed by atoms with Gasteiger partial charge < -0.3 is 10.6 Å². The Morgan fingerprint density at radius 1 is 1.31 bits per heavy atom. The number of nitro groups is 1. The van der Waals surface area contributed by atoms with E-state index in [1.807, 2.05) is 0 Å². The van der Waals surface area contributed by atoms with Gasteiger partial charge in [0.15, 0.2) is 0 Å². The Morgan fingerprint density at radius 3 is 2.92 bits per heavy atom. The maximum absolute atomic E-state index is 12.6. The summed E-state index contributed by atoms with van der Waals surface area (Å²) in [5.74, 6) is 0.586. The summed E-state index contributed by atoms with van der Waals surface area (Å²) in [6.07, 6.45) is 6.14. The number of nitro benzene ring substituents is 1. The van der Waals surface area contributed by atoms with Crippen LogP contribution in [0.2, 0.25) is 0 Å².